The first kappa shape index (κ1) is 21.7. The second kappa shape index (κ2) is 9.37. The SMILES string of the molecule is CCOc1ccc(-n2nc(C(=O)Nc3cccc4ccccc34)nc2-c2ccc(Cl)cc2)cc1. The Balaban J connectivity index is 1.54. The molecule has 0 aliphatic heterocycles. The number of halogens is 1. The quantitative estimate of drug-likeness (QED) is 0.313. The van der Waals surface area contributed by atoms with E-state index in [9.17, 15) is 4.79 Å². The Hall–Kier alpha value is -4.16. The molecule has 7 heteroatoms. The minimum atomic E-state index is -0.392. The largest absolute Gasteiger partial charge is 0.494 e. The summed E-state index contributed by atoms with van der Waals surface area (Å²) in [6, 6.07) is 28.4. The van der Waals surface area contributed by atoms with Crippen LogP contribution in [-0.2, 0) is 0 Å². The van der Waals surface area contributed by atoms with E-state index < -0.39 is 5.91 Å². The fourth-order valence-electron chi connectivity index (χ4n) is 3.74. The van der Waals surface area contributed by atoms with Gasteiger partial charge in [0.1, 0.15) is 5.75 Å². The molecule has 0 aliphatic carbocycles. The summed E-state index contributed by atoms with van der Waals surface area (Å²) in [5.74, 6) is 0.959. The number of nitrogens with zero attached hydrogens (tertiary/aromatic N) is 3. The van der Waals surface area contributed by atoms with Crippen molar-refractivity contribution in [2.24, 2.45) is 0 Å². The van der Waals surface area contributed by atoms with Gasteiger partial charge < -0.3 is 10.1 Å². The van der Waals surface area contributed by atoms with Crippen LogP contribution in [0.25, 0.3) is 27.8 Å². The van der Waals surface area contributed by atoms with Gasteiger partial charge in [0.2, 0.25) is 5.82 Å². The van der Waals surface area contributed by atoms with Crippen LogP contribution in [-0.4, -0.2) is 27.3 Å². The molecule has 0 saturated heterocycles. The molecule has 0 unspecified atom stereocenters. The summed E-state index contributed by atoms with van der Waals surface area (Å²) >= 11 is 6.08. The Morgan fingerprint density at radius 1 is 0.941 bits per heavy atom. The van der Waals surface area contributed by atoms with Gasteiger partial charge in [0.15, 0.2) is 5.82 Å². The molecule has 1 N–H and O–H groups in total. The number of amides is 1. The molecule has 1 heterocycles. The van der Waals surface area contributed by atoms with Crippen LogP contribution in [0, 0.1) is 0 Å². The topological polar surface area (TPSA) is 69.0 Å². The smallest absolute Gasteiger partial charge is 0.295 e. The van der Waals surface area contributed by atoms with Crippen molar-refractivity contribution in [1.29, 1.82) is 0 Å². The molecule has 5 rings (SSSR count). The zero-order valence-electron chi connectivity index (χ0n) is 18.4. The molecule has 5 aromatic rings. The fraction of sp³-hybridized carbons (Fsp3) is 0.0741. The number of carbonyl (C=O) groups is 1. The third kappa shape index (κ3) is 4.36. The van der Waals surface area contributed by atoms with Gasteiger partial charge in [-0.05, 0) is 66.9 Å². The van der Waals surface area contributed by atoms with E-state index >= 15 is 0 Å². The molecule has 0 spiro atoms. The van der Waals surface area contributed by atoms with E-state index in [-0.39, 0.29) is 5.82 Å². The van der Waals surface area contributed by atoms with Gasteiger partial charge in [-0.2, -0.15) is 0 Å². The van der Waals surface area contributed by atoms with Gasteiger partial charge in [0.25, 0.3) is 5.91 Å². The van der Waals surface area contributed by atoms with Crippen LogP contribution in [0.1, 0.15) is 17.5 Å². The molecule has 0 saturated carbocycles. The van der Waals surface area contributed by atoms with E-state index in [0.717, 1.165) is 27.8 Å². The minimum absolute atomic E-state index is 0.0618. The second-order valence-corrected chi connectivity index (χ2v) is 8.02. The third-order valence-corrected chi connectivity index (χ3v) is 5.59. The highest BCUT2D eigenvalue weighted by Crippen LogP contribution is 2.26. The van der Waals surface area contributed by atoms with E-state index in [2.05, 4.69) is 15.4 Å². The fourth-order valence-corrected chi connectivity index (χ4v) is 3.86. The Morgan fingerprint density at radius 3 is 2.44 bits per heavy atom. The highest BCUT2D eigenvalue weighted by atomic mass is 35.5. The lowest BCUT2D eigenvalue weighted by atomic mass is 10.1. The van der Waals surface area contributed by atoms with Gasteiger partial charge in [-0.3, -0.25) is 4.79 Å². The molecule has 0 fully saturated rings. The first-order valence-corrected chi connectivity index (χ1v) is 11.3. The van der Waals surface area contributed by atoms with Crippen molar-refractivity contribution in [3.05, 3.63) is 102 Å². The predicted molar refractivity (Wildman–Crippen MR) is 135 cm³/mol. The van der Waals surface area contributed by atoms with Gasteiger partial charge in [0, 0.05) is 21.7 Å². The van der Waals surface area contributed by atoms with Gasteiger partial charge in [-0.25, -0.2) is 9.67 Å². The molecule has 0 bridgehead atoms. The van der Waals surface area contributed by atoms with Crippen LogP contribution in [0.4, 0.5) is 5.69 Å². The van der Waals surface area contributed by atoms with Crippen LogP contribution in [0.15, 0.2) is 91.0 Å². The Morgan fingerprint density at radius 2 is 1.68 bits per heavy atom. The van der Waals surface area contributed by atoms with E-state index in [1.54, 1.807) is 16.8 Å². The molecule has 168 valence electrons. The predicted octanol–water partition coefficient (Wildman–Crippen LogP) is 6.39. The Labute approximate surface area is 201 Å². The molecular formula is C27H21ClN4O2. The summed E-state index contributed by atoms with van der Waals surface area (Å²) in [7, 11) is 0. The number of ether oxygens (including phenoxy) is 1. The summed E-state index contributed by atoms with van der Waals surface area (Å²) in [4.78, 5) is 17.8. The maximum atomic E-state index is 13.2. The monoisotopic (exact) mass is 468 g/mol. The standard InChI is InChI=1S/C27H21ClN4O2/c1-2-34-22-16-14-21(15-17-22)32-26(19-10-12-20(28)13-11-19)30-25(31-32)27(33)29-24-9-5-7-18-6-3-4-8-23(18)24/h3-17H,2H2,1H3,(H,29,33). The lowest BCUT2D eigenvalue weighted by molar-refractivity contribution is 0.101. The van der Waals surface area contributed by atoms with Crippen molar-refractivity contribution in [2.45, 2.75) is 6.92 Å². The molecule has 1 aromatic heterocycles. The number of rotatable bonds is 6. The number of carbonyl (C=O) groups excluding carboxylic acids is 1. The Kier molecular flexibility index (Phi) is 5.97. The lowest BCUT2D eigenvalue weighted by Gasteiger charge is -2.08. The molecule has 0 radical (unpaired) electrons. The number of anilines is 1. The molecule has 6 nitrogen and oxygen atoms in total. The minimum Gasteiger partial charge on any atom is -0.494 e. The van der Waals surface area contributed by atoms with Crippen LogP contribution in [0.5, 0.6) is 5.75 Å². The Bertz CT molecular complexity index is 1460. The van der Waals surface area contributed by atoms with Crippen molar-refractivity contribution < 1.29 is 9.53 Å². The summed E-state index contributed by atoms with van der Waals surface area (Å²) in [6.45, 7) is 2.52. The average molecular weight is 469 g/mol. The summed E-state index contributed by atoms with van der Waals surface area (Å²) in [5.41, 5.74) is 2.24. The zero-order valence-corrected chi connectivity index (χ0v) is 19.2. The van der Waals surface area contributed by atoms with E-state index in [1.807, 2.05) is 85.8 Å². The summed E-state index contributed by atoms with van der Waals surface area (Å²) < 4.78 is 7.20. The number of aromatic nitrogens is 3. The van der Waals surface area contributed by atoms with Crippen molar-refractivity contribution in [1.82, 2.24) is 14.8 Å². The van der Waals surface area contributed by atoms with Crippen LogP contribution in [0.2, 0.25) is 5.02 Å². The molecule has 1 amide bonds. The van der Waals surface area contributed by atoms with Crippen LogP contribution < -0.4 is 10.1 Å². The number of hydrogen-bond acceptors (Lipinski definition) is 4. The van der Waals surface area contributed by atoms with Gasteiger partial charge in [-0.1, -0.05) is 48.0 Å². The van der Waals surface area contributed by atoms with Gasteiger partial charge in [-0.15, -0.1) is 5.10 Å². The van der Waals surface area contributed by atoms with Gasteiger partial charge >= 0.3 is 0 Å². The lowest BCUT2D eigenvalue weighted by Crippen LogP contribution is -2.14. The normalized spacial score (nSPS) is 10.9. The van der Waals surface area contributed by atoms with Crippen LogP contribution in [0.3, 0.4) is 0 Å². The van der Waals surface area contributed by atoms with Crippen molar-refractivity contribution >= 4 is 34.0 Å². The second-order valence-electron chi connectivity index (χ2n) is 7.59. The van der Waals surface area contributed by atoms with E-state index in [0.29, 0.717) is 23.1 Å². The highest BCUT2D eigenvalue weighted by molar-refractivity contribution is 6.30. The number of fused-ring (bicyclic) bond motifs is 1. The molecule has 0 atom stereocenters. The first-order valence-electron chi connectivity index (χ1n) is 10.9. The maximum Gasteiger partial charge on any atom is 0.295 e. The van der Waals surface area contributed by atoms with Crippen LogP contribution >= 0.6 is 11.6 Å². The summed E-state index contributed by atoms with van der Waals surface area (Å²) in [5, 5.41) is 10.1. The van der Waals surface area contributed by atoms with Gasteiger partial charge in [0.05, 0.1) is 12.3 Å². The summed E-state index contributed by atoms with van der Waals surface area (Å²) in [6.07, 6.45) is 0. The average Bonchev–Trinajstić information content (AvgIpc) is 3.31. The number of hydrogen-bond donors (Lipinski definition) is 1. The third-order valence-electron chi connectivity index (χ3n) is 5.34. The molecular weight excluding hydrogens is 448 g/mol. The number of nitrogens with one attached hydrogen (secondary N) is 1. The zero-order chi connectivity index (χ0) is 23.5. The molecule has 0 aliphatic rings. The molecule has 34 heavy (non-hydrogen) atoms. The molecule has 4 aromatic carbocycles. The van der Waals surface area contributed by atoms with Crippen molar-refractivity contribution in [3.8, 4) is 22.8 Å². The van der Waals surface area contributed by atoms with E-state index in [1.165, 1.54) is 0 Å². The number of benzene rings is 4. The van der Waals surface area contributed by atoms with Crippen molar-refractivity contribution in [2.75, 3.05) is 11.9 Å². The van der Waals surface area contributed by atoms with E-state index in [4.69, 9.17) is 16.3 Å². The first-order chi connectivity index (χ1) is 16.6. The maximum absolute atomic E-state index is 13.2. The highest BCUT2D eigenvalue weighted by Gasteiger charge is 2.19. The van der Waals surface area contributed by atoms with Crippen molar-refractivity contribution in [3.63, 3.8) is 0 Å².